The summed E-state index contributed by atoms with van der Waals surface area (Å²) in [7, 11) is -0.159. The lowest BCUT2D eigenvalue weighted by atomic mass is 10.1. The van der Waals surface area contributed by atoms with Crippen LogP contribution in [-0.2, 0) is 16.4 Å². The van der Waals surface area contributed by atoms with Gasteiger partial charge in [-0.1, -0.05) is 19.1 Å². The Kier molecular flexibility index (Phi) is 5.74. The number of nitrogens with one attached hydrogen (secondary N) is 2. The van der Waals surface area contributed by atoms with Gasteiger partial charge in [-0.2, -0.15) is 0 Å². The predicted octanol–water partition coefficient (Wildman–Crippen LogP) is 0.594. The minimum absolute atomic E-state index is 0.281. The smallest absolute Gasteiger partial charge is 0.253 e. The molecule has 2 N–H and O–H groups in total. The average Bonchev–Trinajstić information content (AvgIpc) is 2.28. The molecule has 1 aromatic carbocycles. The van der Waals surface area contributed by atoms with Crippen molar-refractivity contribution < 1.29 is 8.42 Å². The fourth-order valence-electron chi connectivity index (χ4n) is 1.54. The first-order valence-corrected chi connectivity index (χ1v) is 7.43. The van der Waals surface area contributed by atoms with Gasteiger partial charge >= 0.3 is 0 Å². The molecule has 0 aliphatic heterocycles. The third-order valence-electron chi connectivity index (χ3n) is 2.38. The molecule has 0 aromatic heterocycles. The largest absolute Gasteiger partial charge is 0.317 e. The van der Waals surface area contributed by atoms with Crippen LogP contribution in [0.25, 0.3) is 0 Å². The first-order chi connectivity index (χ1) is 8.45. The molecule has 0 radical (unpaired) electrons. The van der Waals surface area contributed by atoms with Gasteiger partial charge in [0.2, 0.25) is 0 Å². The lowest BCUT2D eigenvalue weighted by Crippen LogP contribution is -2.36. The summed E-state index contributed by atoms with van der Waals surface area (Å²) >= 11 is 0. The van der Waals surface area contributed by atoms with Crippen LogP contribution in [0.15, 0.2) is 29.2 Å². The van der Waals surface area contributed by atoms with Crippen LogP contribution in [0.2, 0.25) is 0 Å². The van der Waals surface area contributed by atoms with Gasteiger partial charge < -0.3 is 5.32 Å². The molecule has 18 heavy (non-hydrogen) atoms. The summed E-state index contributed by atoms with van der Waals surface area (Å²) in [5.74, 6) is 0. The molecule has 0 aliphatic rings. The second kappa shape index (κ2) is 6.84. The second-order valence-corrected chi connectivity index (χ2v) is 5.90. The minimum Gasteiger partial charge on any atom is -0.317 e. The lowest BCUT2D eigenvalue weighted by molar-refractivity contribution is 0.364. The standard InChI is InChI=1S/C12H21N3O2S/c1-4-13-10-9-11-5-7-12(8-6-11)18(16,17)14-15(2)3/h5-8,13-14H,4,9-10H2,1-3H3. The van der Waals surface area contributed by atoms with E-state index in [1.54, 1.807) is 26.2 Å². The van der Waals surface area contributed by atoms with Crippen LogP contribution in [-0.4, -0.2) is 40.6 Å². The highest BCUT2D eigenvalue weighted by Gasteiger charge is 2.13. The third-order valence-corrected chi connectivity index (χ3v) is 3.88. The molecule has 0 atom stereocenters. The normalized spacial score (nSPS) is 12.0. The van der Waals surface area contributed by atoms with Crippen molar-refractivity contribution in [2.24, 2.45) is 0 Å². The molecule has 0 unspecified atom stereocenters. The Morgan fingerprint density at radius 2 is 1.78 bits per heavy atom. The molecular weight excluding hydrogens is 250 g/mol. The Morgan fingerprint density at radius 1 is 1.17 bits per heavy atom. The molecule has 0 fully saturated rings. The SMILES string of the molecule is CCNCCc1ccc(S(=O)(=O)NN(C)C)cc1. The van der Waals surface area contributed by atoms with Gasteiger partial charge in [0.15, 0.2) is 0 Å². The lowest BCUT2D eigenvalue weighted by Gasteiger charge is -2.12. The number of hydrogen-bond acceptors (Lipinski definition) is 4. The Labute approximate surface area is 109 Å². The number of nitrogens with zero attached hydrogens (tertiary/aromatic N) is 1. The highest BCUT2D eigenvalue weighted by atomic mass is 32.2. The number of rotatable bonds is 7. The van der Waals surface area contributed by atoms with Gasteiger partial charge in [0.25, 0.3) is 10.0 Å². The summed E-state index contributed by atoms with van der Waals surface area (Å²) in [6.45, 7) is 3.90. The highest BCUT2D eigenvalue weighted by Crippen LogP contribution is 2.10. The summed E-state index contributed by atoms with van der Waals surface area (Å²) < 4.78 is 23.7. The fourth-order valence-corrected chi connectivity index (χ4v) is 2.62. The molecule has 1 aromatic rings. The molecule has 102 valence electrons. The van der Waals surface area contributed by atoms with E-state index in [9.17, 15) is 8.42 Å². The van der Waals surface area contributed by atoms with E-state index in [4.69, 9.17) is 0 Å². The molecule has 0 saturated carbocycles. The van der Waals surface area contributed by atoms with Gasteiger partial charge in [0, 0.05) is 14.1 Å². The van der Waals surface area contributed by atoms with E-state index in [-0.39, 0.29) is 4.90 Å². The predicted molar refractivity (Wildman–Crippen MR) is 72.7 cm³/mol. The van der Waals surface area contributed by atoms with E-state index in [2.05, 4.69) is 17.1 Å². The maximum absolute atomic E-state index is 11.8. The average molecular weight is 271 g/mol. The summed E-state index contributed by atoms with van der Waals surface area (Å²) in [6.07, 6.45) is 0.898. The Balaban J connectivity index is 2.70. The quantitative estimate of drug-likeness (QED) is 0.563. The van der Waals surface area contributed by atoms with Crippen LogP contribution in [0.3, 0.4) is 0 Å². The zero-order chi connectivity index (χ0) is 13.6. The van der Waals surface area contributed by atoms with E-state index in [1.807, 2.05) is 12.1 Å². The van der Waals surface area contributed by atoms with Crippen molar-refractivity contribution in [2.75, 3.05) is 27.2 Å². The maximum atomic E-state index is 11.8. The van der Waals surface area contributed by atoms with Crippen molar-refractivity contribution in [3.05, 3.63) is 29.8 Å². The molecule has 0 saturated heterocycles. The third kappa shape index (κ3) is 4.73. The van der Waals surface area contributed by atoms with Crippen molar-refractivity contribution >= 4 is 10.0 Å². The number of hydrazine groups is 1. The molecule has 0 bridgehead atoms. The molecule has 0 spiro atoms. The second-order valence-electron chi connectivity index (χ2n) is 4.24. The summed E-state index contributed by atoms with van der Waals surface area (Å²) in [4.78, 5) is 2.68. The van der Waals surface area contributed by atoms with Crippen molar-refractivity contribution in [2.45, 2.75) is 18.2 Å². The monoisotopic (exact) mass is 271 g/mol. The van der Waals surface area contributed by atoms with Gasteiger partial charge in [-0.05, 0) is 37.2 Å². The zero-order valence-corrected chi connectivity index (χ0v) is 11.9. The zero-order valence-electron chi connectivity index (χ0n) is 11.1. The van der Waals surface area contributed by atoms with Crippen molar-refractivity contribution in [1.29, 1.82) is 0 Å². The molecule has 5 nitrogen and oxygen atoms in total. The molecular formula is C12H21N3O2S. The Hall–Kier alpha value is -0.950. The van der Waals surface area contributed by atoms with Gasteiger partial charge in [-0.15, -0.1) is 4.83 Å². The topological polar surface area (TPSA) is 61.4 Å². The summed E-state index contributed by atoms with van der Waals surface area (Å²) in [5.41, 5.74) is 1.12. The first kappa shape index (κ1) is 15.1. The first-order valence-electron chi connectivity index (χ1n) is 5.95. The number of benzene rings is 1. The van der Waals surface area contributed by atoms with E-state index in [1.165, 1.54) is 5.01 Å². The summed E-state index contributed by atoms with van der Waals surface area (Å²) in [5, 5.41) is 4.64. The van der Waals surface area contributed by atoms with Gasteiger partial charge in [0.1, 0.15) is 0 Å². The molecule has 0 aliphatic carbocycles. The molecule has 0 amide bonds. The molecule has 0 heterocycles. The van der Waals surface area contributed by atoms with E-state index < -0.39 is 10.0 Å². The highest BCUT2D eigenvalue weighted by molar-refractivity contribution is 7.89. The van der Waals surface area contributed by atoms with Crippen molar-refractivity contribution in [3.8, 4) is 0 Å². The van der Waals surface area contributed by atoms with Crippen molar-refractivity contribution in [3.63, 3.8) is 0 Å². The molecule has 6 heteroatoms. The Morgan fingerprint density at radius 3 is 2.28 bits per heavy atom. The molecule has 1 rings (SSSR count). The van der Waals surface area contributed by atoms with Crippen molar-refractivity contribution in [1.82, 2.24) is 15.2 Å². The van der Waals surface area contributed by atoms with Gasteiger partial charge in [-0.25, -0.2) is 13.4 Å². The minimum atomic E-state index is -3.44. The number of likely N-dealkylation sites (N-methyl/N-ethyl adjacent to an activating group) is 1. The van der Waals surface area contributed by atoms with Crippen LogP contribution in [0.5, 0.6) is 0 Å². The van der Waals surface area contributed by atoms with Crippen LogP contribution in [0, 0.1) is 0 Å². The van der Waals surface area contributed by atoms with Crippen LogP contribution < -0.4 is 10.1 Å². The summed E-state index contributed by atoms with van der Waals surface area (Å²) in [6, 6.07) is 6.96. The number of sulfonamides is 1. The van der Waals surface area contributed by atoms with Crippen LogP contribution >= 0.6 is 0 Å². The van der Waals surface area contributed by atoms with E-state index >= 15 is 0 Å². The van der Waals surface area contributed by atoms with Crippen LogP contribution in [0.1, 0.15) is 12.5 Å². The van der Waals surface area contributed by atoms with Gasteiger partial charge in [0.05, 0.1) is 4.90 Å². The van der Waals surface area contributed by atoms with E-state index in [0.717, 1.165) is 25.1 Å². The van der Waals surface area contributed by atoms with E-state index in [0.29, 0.717) is 0 Å². The Bertz CT molecular complexity index is 455. The fraction of sp³-hybridized carbons (Fsp3) is 0.500. The number of hydrogen-bond donors (Lipinski definition) is 2. The maximum Gasteiger partial charge on any atom is 0.253 e. The van der Waals surface area contributed by atoms with Crippen LogP contribution in [0.4, 0.5) is 0 Å². The van der Waals surface area contributed by atoms with Gasteiger partial charge in [-0.3, -0.25) is 0 Å².